The highest BCUT2D eigenvalue weighted by Gasteiger charge is 2.16. The van der Waals surface area contributed by atoms with Crippen molar-refractivity contribution in [1.29, 1.82) is 0 Å². The number of amidine groups is 1. The van der Waals surface area contributed by atoms with Crippen LogP contribution in [0.3, 0.4) is 0 Å². The van der Waals surface area contributed by atoms with Crippen LogP contribution in [0.25, 0.3) is 5.57 Å². The molecule has 1 aromatic heterocycles. The minimum absolute atomic E-state index is 0.200. The van der Waals surface area contributed by atoms with Gasteiger partial charge in [0.1, 0.15) is 22.3 Å². The van der Waals surface area contributed by atoms with Gasteiger partial charge in [0.05, 0.1) is 19.6 Å². The minimum atomic E-state index is -0.361. The molecule has 1 saturated heterocycles. The van der Waals surface area contributed by atoms with Crippen molar-refractivity contribution in [2.45, 2.75) is 33.6 Å². The highest BCUT2D eigenvalue weighted by molar-refractivity contribution is 7.11. The molecule has 9 heteroatoms. The maximum atomic E-state index is 12.3. The first kappa shape index (κ1) is 22.4. The molecule has 0 unspecified atom stereocenters. The van der Waals surface area contributed by atoms with E-state index in [9.17, 15) is 9.59 Å². The van der Waals surface area contributed by atoms with E-state index in [1.54, 1.807) is 19.2 Å². The van der Waals surface area contributed by atoms with E-state index in [4.69, 9.17) is 9.47 Å². The fraction of sp³-hybridized carbons (Fsp3) is 0.400. The first-order chi connectivity index (χ1) is 13.9. The lowest BCUT2D eigenvalue weighted by atomic mass is 10.1. The van der Waals surface area contributed by atoms with Crippen molar-refractivity contribution in [3.8, 4) is 0 Å². The summed E-state index contributed by atoms with van der Waals surface area (Å²) in [5.41, 5.74) is 4.83. The summed E-state index contributed by atoms with van der Waals surface area (Å²) in [6.07, 6.45) is 4.90. The summed E-state index contributed by atoms with van der Waals surface area (Å²) in [5, 5.41) is 9.01. The topological polar surface area (TPSA) is 102 Å². The minimum Gasteiger partial charge on any atom is -0.493 e. The van der Waals surface area contributed by atoms with Gasteiger partial charge in [0.2, 0.25) is 0 Å². The number of hydrogen-bond donors (Lipinski definition) is 2. The van der Waals surface area contributed by atoms with E-state index < -0.39 is 0 Å². The quantitative estimate of drug-likeness (QED) is 0.221. The van der Waals surface area contributed by atoms with Crippen LogP contribution in [0.1, 0.15) is 49.1 Å². The number of thiazole rings is 1. The largest absolute Gasteiger partial charge is 0.493 e. The van der Waals surface area contributed by atoms with Crippen molar-refractivity contribution in [3.05, 3.63) is 46.1 Å². The Morgan fingerprint density at radius 1 is 1.48 bits per heavy atom. The third kappa shape index (κ3) is 6.86. The average Bonchev–Trinajstić information content (AvgIpc) is 3.34. The normalized spacial score (nSPS) is 16.6. The zero-order chi connectivity index (χ0) is 21.2. The van der Waals surface area contributed by atoms with Gasteiger partial charge in [-0.1, -0.05) is 6.58 Å². The molecule has 1 aromatic rings. The van der Waals surface area contributed by atoms with Gasteiger partial charge in [-0.2, -0.15) is 5.10 Å². The molecule has 2 rings (SSSR count). The van der Waals surface area contributed by atoms with Crippen LogP contribution in [-0.2, 0) is 14.3 Å². The van der Waals surface area contributed by atoms with E-state index in [0.29, 0.717) is 36.3 Å². The fourth-order valence-electron chi connectivity index (χ4n) is 2.52. The average molecular weight is 419 g/mol. The summed E-state index contributed by atoms with van der Waals surface area (Å²) >= 11 is 1.35. The molecule has 156 valence electrons. The van der Waals surface area contributed by atoms with Crippen LogP contribution in [0.2, 0.25) is 0 Å². The number of aromatic nitrogens is 1. The highest BCUT2D eigenvalue weighted by Crippen LogP contribution is 2.28. The van der Waals surface area contributed by atoms with Crippen LogP contribution in [0.15, 0.2) is 40.5 Å². The molecule has 29 heavy (non-hydrogen) atoms. The zero-order valence-electron chi connectivity index (χ0n) is 16.9. The summed E-state index contributed by atoms with van der Waals surface area (Å²) < 4.78 is 10.4. The first-order valence-electron chi connectivity index (χ1n) is 9.33. The third-order valence-electron chi connectivity index (χ3n) is 3.86. The number of amides is 1. The predicted molar refractivity (Wildman–Crippen MR) is 113 cm³/mol. The van der Waals surface area contributed by atoms with Crippen molar-refractivity contribution < 1.29 is 19.1 Å². The Kier molecular flexibility index (Phi) is 8.60. The van der Waals surface area contributed by atoms with Gasteiger partial charge in [-0.15, -0.1) is 11.3 Å². The van der Waals surface area contributed by atoms with E-state index in [0.717, 1.165) is 23.3 Å². The summed E-state index contributed by atoms with van der Waals surface area (Å²) in [5.74, 6) is 0.575. The van der Waals surface area contributed by atoms with Crippen LogP contribution in [-0.4, -0.2) is 42.5 Å². The Bertz CT molecular complexity index is 854. The van der Waals surface area contributed by atoms with Crippen LogP contribution >= 0.6 is 11.3 Å². The smallest absolute Gasteiger partial charge is 0.307 e. The molecule has 0 aliphatic carbocycles. The Labute approximate surface area is 174 Å². The maximum Gasteiger partial charge on any atom is 0.307 e. The molecule has 0 spiro atoms. The Morgan fingerprint density at radius 3 is 3.00 bits per heavy atom. The molecule has 1 amide bonds. The molecule has 0 atom stereocenters. The van der Waals surface area contributed by atoms with Gasteiger partial charge in [-0.3, -0.25) is 9.59 Å². The summed E-state index contributed by atoms with van der Waals surface area (Å²) in [6.45, 7) is 10.7. The van der Waals surface area contributed by atoms with Gasteiger partial charge in [0.25, 0.3) is 5.91 Å². The number of ether oxygens (including phenoxy) is 2. The second-order valence-electron chi connectivity index (χ2n) is 6.10. The highest BCUT2D eigenvalue weighted by atomic mass is 32.1. The Balaban J connectivity index is 1.88. The number of esters is 1. The molecule has 2 N–H and O–H groups in total. The third-order valence-corrected chi connectivity index (χ3v) is 4.77. The van der Waals surface area contributed by atoms with Crippen molar-refractivity contribution in [2.75, 3.05) is 19.8 Å². The molecule has 0 aromatic carbocycles. The molecule has 1 aliphatic rings. The molecule has 0 radical (unpaired) electrons. The first-order valence-corrected chi connectivity index (χ1v) is 10.2. The monoisotopic (exact) mass is 418 g/mol. The second-order valence-corrected chi connectivity index (χ2v) is 6.96. The molecule has 0 bridgehead atoms. The van der Waals surface area contributed by atoms with Crippen molar-refractivity contribution in [3.63, 3.8) is 0 Å². The van der Waals surface area contributed by atoms with Crippen molar-refractivity contribution >= 4 is 34.6 Å². The number of nitrogens with one attached hydrogen (secondary N) is 2. The van der Waals surface area contributed by atoms with Gasteiger partial charge >= 0.3 is 5.97 Å². The van der Waals surface area contributed by atoms with Gasteiger partial charge in [0, 0.05) is 23.9 Å². The van der Waals surface area contributed by atoms with Crippen LogP contribution in [0.4, 0.5) is 0 Å². The molecular formula is C20H26N4O4S. The number of carbonyl (C=O) groups excluding carboxylic acids is 2. The fourth-order valence-corrected chi connectivity index (χ4v) is 3.26. The van der Waals surface area contributed by atoms with Crippen LogP contribution in [0.5, 0.6) is 0 Å². The predicted octanol–water partition coefficient (Wildman–Crippen LogP) is 3.01. The lowest BCUT2D eigenvalue weighted by Crippen LogP contribution is -2.30. The van der Waals surface area contributed by atoms with Gasteiger partial charge in [-0.25, -0.2) is 4.98 Å². The lowest BCUT2D eigenvalue weighted by Gasteiger charge is -2.04. The Morgan fingerprint density at radius 2 is 2.28 bits per heavy atom. The Hall–Kier alpha value is -2.94. The zero-order valence-corrected chi connectivity index (χ0v) is 17.7. The number of hydrogen-bond acceptors (Lipinski definition) is 8. The molecule has 1 fully saturated rings. The molecule has 2 heterocycles. The van der Waals surface area contributed by atoms with Crippen molar-refractivity contribution in [1.82, 2.24) is 15.7 Å². The number of allylic oxidation sites excluding steroid dienone is 4. The van der Waals surface area contributed by atoms with E-state index in [-0.39, 0.29) is 18.3 Å². The van der Waals surface area contributed by atoms with E-state index >= 15 is 0 Å². The molecule has 1 aliphatic heterocycles. The van der Waals surface area contributed by atoms with Gasteiger partial charge in [0.15, 0.2) is 0 Å². The standard InChI is InChI=1S/C20H26N4O4S/c1-5-17-15(8-10-28-17)11-13(3)20-23-16(12-29-20)19(26)22-14(4)24-21-9-7-18(25)27-6-2/h5,11-12,21H,3,6-10H2,1-2,4H3,(H,22,24,26)/b15-11-,17-5+. The SMILES string of the molecule is C=C(/C=C1/CCO/C1=C/C)c1nc(C(=O)N/C(C)=N/NCCC(=O)OCC)cs1. The second kappa shape index (κ2) is 11.2. The van der Waals surface area contributed by atoms with Gasteiger partial charge < -0.3 is 20.2 Å². The summed E-state index contributed by atoms with van der Waals surface area (Å²) in [6, 6.07) is 0. The van der Waals surface area contributed by atoms with Crippen LogP contribution < -0.4 is 10.7 Å². The number of carbonyl (C=O) groups is 2. The molecule has 0 saturated carbocycles. The summed E-state index contributed by atoms with van der Waals surface area (Å²) in [7, 11) is 0. The van der Waals surface area contributed by atoms with Crippen molar-refractivity contribution in [2.24, 2.45) is 5.10 Å². The summed E-state index contributed by atoms with van der Waals surface area (Å²) in [4.78, 5) is 27.9. The van der Waals surface area contributed by atoms with E-state index in [1.807, 2.05) is 19.1 Å². The number of nitrogens with zero attached hydrogens (tertiary/aromatic N) is 2. The molecule has 8 nitrogen and oxygen atoms in total. The number of hydrazone groups is 1. The lowest BCUT2D eigenvalue weighted by molar-refractivity contribution is -0.142. The maximum absolute atomic E-state index is 12.3. The number of rotatable bonds is 8. The van der Waals surface area contributed by atoms with Gasteiger partial charge in [-0.05, 0) is 38.5 Å². The van der Waals surface area contributed by atoms with E-state index in [2.05, 4.69) is 27.4 Å². The molecular weight excluding hydrogens is 392 g/mol. The van der Waals surface area contributed by atoms with Crippen LogP contribution in [0, 0.1) is 0 Å². The van der Waals surface area contributed by atoms with E-state index in [1.165, 1.54) is 11.3 Å².